The van der Waals surface area contributed by atoms with E-state index in [1.54, 1.807) is 17.0 Å². The third-order valence-electron chi connectivity index (χ3n) is 5.22. The predicted molar refractivity (Wildman–Crippen MR) is 121 cm³/mol. The molecule has 1 N–H and O–H groups in total. The second kappa shape index (κ2) is 10.3. The van der Waals surface area contributed by atoms with Gasteiger partial charge >= 0.3 is 6.18 Å². The Labute approximate surface area is 194 Å². The molecular formula is C23H23ClF3N3O3. The number of rotatable bonds is 5. The third-order valence-corrected chi connectivity index (χ3v) is 5.55. The summed E-state index contributed by atoms with van der Waals surface area (Å²) in [5.74, 6) is -0.406. The Hall–Kier alpha value is -3.04. The number of alkyl halides is 3. The van der Waals surface area contributed by atoms with Crippen molar-refractivity contribution in [2.24, 2.45) is 0 Å². The van der Waals surface area contributed by atoms with Gasteiger partial charge in [0.2, 0.25) is 5.91 Å². The zero-order valence-corrected chi connectivity index (χ0v) is 18.8. The van der Waals surface area contributed by atoms with E-state index in [1.165, 1.54) is 25.3 Å². The largest absolute Gasteiger partial charge is 0.495 e. The van der Waals surface area contributed by atoms with E-state index < -0.39 is 22.7 Å². The summed E-state index contributed by atoms with van der Waals surface area (Å²) >= 11 is 5.62. The van der Waals surface area contributed by atoms with Crippen LogP contribution >= 0.6 is 11.6 Å². The number of hydrogen-bond donors (Lipinski definition) is 1. The molecule has 176 valence electrons. The number of carbonyl (C=O) groups is 2. The van der Waals surface area contributed by atoms with Crippen LogP contribution in [0.25, 0.3) is 6.08 Å². The third kappa shape index (κ3) is 6.27. The van der Waals surface area contributed by atoms with E-state index in [1.807, 2.05) is 7.05 Å². The minimum absolute atomic E-state index is 0.155. The molecule has 0 atom stereocenters. The zero-order chi connectivity index (χ0) is 24.2. The molecule has 2 aromatic rings. The number of hydrogen-bond acceptors (Lipinski definition) is 4. The van der Waals surface area contributed by atoms with Crippen molar-refractivity contribution in [1.82, 2.24) is 9.80 Å². The molecule has 10 heteroatoms. The minimum Gasteiger partial charge on any atom is -0.495 e. The van der Waals surface area contributed by atoms with E-state index in [-0.39, 0.29) is 17.2 Å². The van der Waals surface area contributed by atoms with E-state index in [9.17, 15) is 22.8 Å². The van der Waals surface area contributed by atoms with Crippen LogP contribution in [0.1, 0.15) is 21.5 Å². The molecular weight excluding hydrogens is 459 g/mol. The van der Waals surface area contributed by atoms with Crippen molar-refractivity contribution in [3.05, 3.63) is 64.2 Å². The lowest BCUT2D eigenvalue weighted by Gasteiger charge is -2.32. The predicted octanol–water partition coefficient (Wildman–Crippen LogP) is 4.41. The number of carbonyl (C=O) groups excluding carboxylic acids is 2. The number of piperazine rings is 1. The van der Waals surface area contributed by atoms with Crippen molar-refractivity contribution in [2.75, 3.05) is 45.7 Å². The number of nitrogens with one attached hydrogen (secondary N) is 1. The lowest BCUT2D eigenvalue weighted by Crippen LogP contribution is -2.47. The van der Waals surface area contributed by atoms with Gasteiger partial charge < -0.3 is 19.9 Å². The molecule has 0 aliphatic carbocycles. The Morgan fingerprint density at radius 2 is 1.79 bits per heavy atom. The highest BCUT2D eigenvalue weighted by Gasteiger charge is 2.33. The highest BCUT2D eigenvalue weighted by Crippen LogP contribution is 2.35. The van der Waals surface area contributed by atoms with E-state index in [2.05, 4.69) is 10.2 Å². The number of methoxy groups -OCH3 is 1. The summed E-state index contributed by atoms with van der Waals surface area (Å²) in [7, 11) is 3.42. The first-order chi connectivity index (χ1) is 15.6. The Bertz CT molecular complexity index is 1060. The van der Waals surface area contributed by atoms with E-state index in [0.29, 0.717) is 24.4 Å². The molecule has 1 heterocycles. The maximum atomic E-state index is 13.0. The van der Waals surface area contributed by atoms with E-state index in [4.69, 9.17) is 16.3 Å². The molecule has 0 saturated carbocycles. The standard InChI is InChI=1S/C23H23ClF3N3O3/c1-29-9-11-30(12-10-29)22(32)16-5-7-20(33-2)19(14-16)28-21(31)8-4-15-3-6-18(24)17(13-15)23(25,26)27/h3-8,13-14H,9-12H2,1-2H3,(H,28,31). The number of likely N-dealkylation sites (N-methyl/N-ethyl adjacent to an activating group) is 1. The highest BCUT2D eigenvalue weighted by atomic mass is 35.5. The lowest BCUT2D eigenvalue weighted by atomic mass is 10.1. The van der Waals surface area contributed by atoms with Gasteiger partial charge in [-0.1, -0.05) is 17.7 Å². The van der Waals surface area contributed by atoms with Crippen LogP contribution in [-0.4, -0.2) is 62.0 Å². The average Bonchev–Trinajstić information content (AvgIpc) is 2.77. The molecule has 1 saturated heterocycles. The normalized spacial score (nSPS) is 15.0. The van der Waals surface area contributed by atoms with Crippen molar-refractivity contribution >= 4 is 35.2 Å². The molecule has 0 bridgehead atoms. The highest BCUT2D eigenvalue weighted by molar-refractivity contribution is 6.31. The lowest BCUT2D eigenvalue weighted by molar-refractivity contribution is -0.137. The van der Waals surface area contributed by atoms with Gasteiger partial charge in [0.05, 0.1) is 23.4 Å². The van der Waals surface area contributed by atoms with Crippen LogP contribution in [0.5, 0.6) is 5.75 Å². The van der Waals surface area contributed by atoms with Gasteiger partial charge in [0.1, 0.15) is 5.75 Å². The second-order valence-electron chi connectivity index (χ2n) is 7.57. The van der Waals surface area contributed by atoms with Crippen LogP contribution < -0.4 is 10.1 Å². The summed E-state index contributed by atoms with van der Waals surface area (Å²) in [5.41, 5.74) is -0.150. The number of amides is 2. The van der Waals surface area contributed by atoms with Gasteiger partial charge in [-0.05, 0) is 49.0 Å². The fraction of sp³-hybridized carbons (Fsp3) is 0.304. The number of benzene rings is 2. The van der Waals surface area contributed by atoms with Crippen LogP contribution in [-0.2, 0) is 11.0 Å². The molecule has 2 aromatic carbocycles. The van der Waals surface area contributed by atoms with Crippen molar-refractivity contribution in [1.29, 1.82) is 0 Å². The molecule has 0 unspecified atom stereocenters. The molecule has 1 aliphatic heterocycles. The summed E-state index contributed by atoms with van der Waals surface area (Å²) in [5, 5.41) is 2.19. The summed E-state index contributed by atoms with van der Waals surface area (Å²) < 4.78 is 44.3. The van der Waals surface area contributed by atoms with E-state index >= 15 is 0 Å². The van der Waals surface area contributed by atoms with Gasteiger partial charge in [0.25, 0.3) is 5.91 Å². The summed E-state index contributed by atoms with van der Waals surface area (Å²) in [6.07, 6.45) is -2.27. The molecule has 0 radical (unpaired) electrons. The van der Waals surface area contributed by atoms with Crippen molar-refractivity contribution < 1.29 is 27.5 Å². The Morgan fingerprint density at radius 3 is 2.42 bits per heavy atom. The molecule has 33 heavy (non-hydrogen) atoms. The maximum absolute atomic E-state index is 13.0. The average molecular weight is 482 g/mol. The van der Waals surface area contributed by atoms with Crippen molar-refractivity contribution in [2.45, 2.75) is 6.18 Å². The summed E-state index contributed by atoms with van der Waals surface area (Å²) in [6, 6.07) is 8.09. The van der Waals surface area contributed by atoms with Crippen LogP contribution in [0.15, 0.2) is 42.5 Å². The van der Waals surface area contributed by atoms with Gasteiger partial charge in [0.15, 0.2) is 0 Å². The van der Waals surface area contributed by atoms with Gasteiger partial charge in [-0.15, -0.1) is 0 Å². The Morgan fingerprint density at radius 1 is 1.09 bits per heavy atom. The first-order valence-corrected chi connectivity index (χ1v) is 10.5. The summed E-state index contributed by atoms with van der Waals surface area (Å²) in [4.78, 5) is 29.1. The zero-order valence-electron chi connectivity index (χ0n) is 18.1. The first kappa shape index (κ1) is 24.6. The number of halogens is 4. The fourth-order valence-corrected chi connectivity index (χ4v) is 3.57. The van der Waals surface area contributed by atoms with Crippen molar-refractivity contribution in [3.8, 4) is 5.75 Å². The molecule has 3 rings (SSSR count). The maximum Gasteiger partial charge on any atom is 0.417 e. The van der Waals surface area contributed by atoms with Gasteiger partial charge in [-0.25, -0.2) is 0 Å². The summed E-state index contributed by atoms with van der Waals surface area (Å²) in [6.45, 7) is 2.76. The van der Waals surface area contributed by atoms with E-state index in [0.717, 1.165) is 31.3 Å². The molecule has 6 nitrogen and oxygen atoms in total. The van der Waals surface area contributed by atoms with Crippen LogP contribution in [0.4, 0.5) is 18.9 Å². The topological polar surface area (TPSA) is 61.9 Å². The van der Waals surface area contributed by atoms with Crippen molar-refractivity contribution in [3.63, 3.8) is 0 Å². The monoisotopic (exact) mass is 481 g/mol. The molecule has 0 aromatic heterocycles. The molecule has 1 fully saturated rings. The number of ether oxygens (including phenoxy) is 1. The van der Waals surface area contributed by atoms with Gasteiger partial charge in [-0.2, -0.15) is 13.2 Å². The Balaban J connectivity index is 1.75. The quantitative estimate of drug-likeness (QED) is 0.643. The van der Waals surface area contributed by atoms with Crippen LogP contribution in [0.3, 0.4) is 0 Å². The molecule has 2 amide bonds. The first-order valence-electron chi connectivity index (χ1n) is 10.1. The molecule has 0 spiro atoms. The fourth-order valence-electron chi connectivity index (χ4n) is 3.34. The van der Waals surface area contributed by atoms with Crippen LogP contribution in [0, 0.1) is 0 Å². The second-order valence-corrected chi connectivity index (χ2v) is 7.98. The van der Waals surface area contributed by atoms with Crippen LogP contribution in [0.2, 0.25) is 5.02 Å². The smallest absolute Gasteiger partial charge is 0.417 e. The minimum atomic E-state index is -4.60. The number of nitrogens with zero attached hydrogens (tertiary/aromatic N) is 2. The Kier molecular flexibility index (Phi) is 7.65. The van der Waals surface area contributed by atoms with Gasteiger partial charge in [0, 0.05) is 37.8 Å². The number of anilines is 1. The SMILES string of the molecule is COc1ccc(C(=O)N2CCN(C)CC2)cc1NC(=O)C=Cc1ccc(Cl)c(C(F)(F)F)c1. The van der Waals surface area contributed by atoms with Gasteiger partial charge in [-0.3, -0.25) is 9.59 Å². The molecule has 1 aliphatic rings.